The quantitative estimate of drug-likeness (QED) is 0.723. The minimum atomic E-state index is -2.90. The van der Waals surface area contributed by atoms with E-state index < -0.39 is 5.92 Å². The van der Waals surface area contributed by atoms with E-state index in [2.05, 4.69) is 10.3 Å². The van der Waals surface area contributed by atoms with E-state index in [-0.39, 0.29) is 11.5 Å². The van der Waals surface area contributed by atoms with Crippen LogP contribution in [-0.2, 0) is 17.1 Å². The monoisotopic (exact) mass is 404 g/mol. The molecule has 0 spiro atoms. The molecule has 1 aliphatic rings. The number of carbonyl (C=O) groups excluding carboxylic acids is 1. The third-order valence-corrected chi connectivity index (χ3v) is 4.95. The minimum absolute atomic E-state index is 0.0761. The number of hydrogen-bond donors (Lipinski definition) is 1. The molecule has 2 heterocycles. The first-order valence-electron chi connectivity index (χ1n) is 9.84. The Hall–Kier alpha value is -2.54. The molecule has 0 radical (unpaired) electrons. The number of nitrogens with one attached hydrogen (secondary N) is 1. The van der Waals surface area contributed by atoms with Crippen LogP contribution in [0.3, 0.4) is 0 Å². The molecule has 1 fully saturated rings. The zero-order chi connectivity index (χ0) is 20.7. The lowest BCUT2D eigenvalue weighted by molar-refractivity contribution is 0.0172. The van der Waals surface area contributed by atoms with Gasteiger partial charge in [-0.2, -0.15) is 0 Å². The van der Waals surface area contributed by atoms with Crippen molar-refractivity contribution in [2.24, 2.45) is 5.92 Å². The molecule has 1 N–H and O–H groups in total. The van der Waals surface area contributed by atoms with E-state index in [1.807, 2.05) is 6.07 Å². The number of ether oxygens (including phenoxy) is 2. The fraction of sp³-hybridized carbons (Fsp3) is 0.455. The maximum absolute atomic E-state index is 13.4. The maximum Gasteiger partial charge on any atom is 0.270 e. The largest absolute Gasteiger partial charge is 0.493 e. The molecule has 0 aliphatic carbocycles. The van der Waals surface area contributed by atoms with Crippen LogP contribution >= 0.6 is 0 Å². The molecule has 7 heteroatoms. The Labute approximate surface area is 169 Å². The van der Waals surface area contributed by atoms with E-state index in [0.29, 0.717) is 36.9 Å². The van der Waals surface area contributed by atoms with Crippen LogP contribution in [0.5, 0.6) is 5.75 Å². The molecule has 0 unspecified atom stereocenters. The fourth-order valence-electron chi connectivity index (χ4n) is 3.13. The van der Waals surface area contributed by atoms with Crippen molar-refractivity contribution in [3.05, 3.63) is 59.4 Å². The normalized spacial score (nSPS) is 15.1. The van der Waals surface area contributed by atoms with Crippen molar-refractivity contribution in [2.75, 3.05) is 26.4 Å². The van der Waals surface area contributed by atoms with Gasteiger partial charge >= 0.3 is 0 Å². The molecular formula is C22H26F2N2O3. The zero-order valence-electron chi connectivity index (χ0n) is 16.5. The second-order valence-corrected chi connectivity index (χ2v) is 7.33. The summed E-state index contributed by atoms with van der Waals surface area (Å²) in [6.45, 7) is 3.32. The molecule has 5 nitrogen and oxygen atoms in total. The third-order valence-electron chi connectivity index (χ3n) is 4.95. The lowest BCUT2D eigenvalue weighted by atomic mass is 10.0. The smallest absolute Gasteiger partial charge is 0.270 e. The van der Waals surface area contributed by atoms with Gasteiger partial charge in [0, 0.05) is 44.9 Å². The molecule has 1 aliphatic heterocycles. The number of carbonyl (C=O) groups is 1. The Kier molecular flexibility index (Phi) is 7.14. The van der Waals surface area contributed by atoms with E-state index in [4.69, 9.17) is 9.47 Å². The minimum Gasteiger partial charge on any atom is -0.493 e. The van der Waals surface area contributed by atoms with Gasteiger partial charge < -0.3 is 14.8 Å². The summed E-state index contributed by atoms with van der Waals surface area (Å²) < 4.78 is 37.7. The van der Waals surface area contributed by atoms with E-state index in [1.165, 1.54) is 12.1 Å². The van der Waals surface area contributed by atoms with Crippen molar-refractivity contribution in [1.29, 1.82) is 0 Å². The van der Waals surface area contributed by atoms with Crippen LogP contribution in [-0.4, -0.2) is 37.3 Å². The van der Waals surface area contributed by atoms with Gasteiger partial charge in [-0.15, -0.1) is 0 Å². The highest BCUT2D eigenvalue weighted by molar-refractivity contribution is 5.92. The van der Waals surface area contributed by atoms with Gasteiger partial charge in [0.15, 0.2) is 0 Å². The molecule has 156 valence electrons. The predicted octanol–water partition coefficient (Wildman–Crippen LogP) is 3.97. The third kappa shape index (κ3) is 6.49. The Morgan fingerprint density at radius 1 is 1.28 bits per heavy atom. The Balaban J connectivity index is 1.45. The van der Waals surface area contributed by atoms with Crippen molar-refractivity contribution < 1.29 is 23.0 Å². The van der Waals surface area contributed by atoms with Crippen LogP contribution in [0.1, 0.15) is 41.4 Å². The molecule has 0 bridgehead atoms. The summed E-state index contributed by atoms with van der Waals surface area (Å²) in [5, 5.41) is 2.93. The average Bonchev–Trinajstić information content (AvgIpc) is 2.73. The Morgan fingerprint density at radius 3 is 2.76 bits per heavy atom. The van der Waals surface area contributed by atoms with Crippen LogP contribution in [0.2, 0.25) is 0 Å². The number of hydrogen-bond acceptors (Lipinski definition) is 4. The number of benzene rings is 1. The summed E-state index contributed by atoms with van der Waals surface area (Å²) in [6.07, 6.45) is 4.13. The van der Waals surface area contributed by atoms with E-state index in [0.717, 1.165) is 38.5 Å². The summed E-state index contributed by atoms with van der Waals surface area (Å²) in [5.41, 5.74) is 1.20. The van der Waals surface area contributed by atoms with Crippen molar-refractivity contribution in [3.63, 3.8) is 0 Å². The molecule has 1 aromatic heterocycles. The topological polar surface area (TPSA) is 60.5 Å². The van der Waals surface area contributed by atoms with Crippen molar-refractivity contribution in [1.82, 2.24) is 10.3 Å². The van der Waals surface area contributed by atoms with Gasteiger partial charge in [-0.1, -0.05) is 18.2 Å². The highest BCUT2D eigenvalue weighted by Gasteiger charge is 2.24. The second-order valence-electron chi connectivity index (χ2n) is 7.33. The highest BCUT2D eigenvalue weighted by atomic mass is 19.3. The molecule has 0 saturated carbocycles. The van der Waals surface area contributed by atoms with Crippen molar-refractivity contribution in [3.8, 4) is 5.75 Å². The van der Waals surface area contributed by atoms with E-state index in [9.17, 15) is 13.6 Å². The average molecular weight is 404 g/mol. The number of nitrogens with zero attached hydrogens (tertiary/aromatic N) is 1. The van der Waals surface area contributed by atoms with Gasteiger partial charge in [-0.05, 0) is 42.5 Å². The molecule has 1 aromatic carbocycles. The Morgan fingerprint density at radius 2 is 2.07 bits per heavy atom. The maximum atomic E-state index is 13.4. The molecule has 1 amide bonds. The van der Waals surface area contributed by atoms with Gasteiger partial charge in [0.25, 0.3) is 11.8 Å². The van der Waals surface area contributed by atoms with Gasteiger partial charge in [0.1, 0.15) is 11.4 Å². The van der Waals surface area contributed by atoms with Crippen LogP contribution in [0.25, 0.3) is 0 Å². The van der Waals surface area contributed by atoms with Crippen LogP contribution in [0.4, 0.5) is 8.78 Å². The summed E-state index contributed by atoms with van der Waals surface area (Å²) in [6, 6.07) is 9.45. The molecule has 29 heavy (non-hydrogen) atoms. The highest BCUT2D eigenvalue weighted by Crippen LogP contribution is 2.29. The Bertz CT molecular complexity index is 800. The summed E-state index contributed by atoms with van der Waals surface area (Å²) in [5.74, 6) is -2.22. The van der Waals surface area contributed by atoms with Gasteiger partial charge in [0.05, 0.1) is 6.61 Å². The first-order chi connectivity index (χ1) is 13.9. The van der Waals surface area contributed by atoms with Gasteiger partial charge in [0.2, 0.25) is 0 Å². The summed E-state index contributed by atoms with van der Waals surface area (Å²) >= 11 is 0. The molecule has 2 aromatic rings. The van der Waals surface area contributed by atoms with Crippen molar-refractivity contribution in [2.45, 2.75) is 32.1 Å². The predicted molar refractivity (Wildman–Crippen MR) is 105 cm³/mol. The number of amides is 1. The fourth-order valence-corrected chi connectivity index (χ4v) is 3.13. The van der Waals surface area contributed by atoms with Crippen LogP contribution in [0, 0.1) is 5.92 Å². The van der Waals surface area contributed by atoms with E-state index >= 15 is 0 Å². The molecule has 0 atom stereocenters. The first kappa shape index (κ1) is 21.2. The standard InChI is InChI=1S/C22H26F2N2O3/c1-22(23,24)18-3-2-4-19(13-18)29-12-9-16-5-6-20(25-14-16)21(27)26-15-17-7-10-28-11-8-17/h2-6,13-14,17H,7-12,15H2,1H3,(H,26,27). The van der Waals surface area contributed by atoms with Crippen LogP contribution in [0.15, 0.2) is 42.6 Å². The summed E-state index contributed by atoms with van der Waals surface area (Å²) in [4.78, 5) is 16.4. The van der Waals surface area contributed by atoms with E-state index in [1.54, 1.807) is 24.4 Å². The first-order valence-corrected chi connectivity index (χ1v) is 9.84. The summed E-state index contributed by atoms with van der Waals surface area (Å²) in [7, 11) is 0. The molecule has 1 saturated heterocycles. The lowest BCUT2D eigenvalue weighted by Crippen LogP contribution is -2.32. The molecular weight excluding hydrogens is 378 g/mol. The van der Waals surface area contributed by atoms with Gasteiger partial charge in [-0.25, -0.2) is 8.78 Å². The number of aromatic nitrogens is 1. The number of pyridine rings is 1. The molecule has 3 rings (SSSR count). The van der Waals surface area contributed by atoms with Crippen LogP contribution < -0.4 is 10.1 Å². The number of alkyl halides is 2. The SMILES string of the molecule is CC(F)(F)c1cccc(OCCc2ccc(C(=O)NCC3CCOCC3)nc2)c1. The van der Waals surface area contributed by atoms with Gasteiger partial charge in [-0.3, -0.25) is 9.78 Å². The second kappa shape index (κ2) is 9.78. The lowest BCUT2D eigenvalue weighted by Gasteiger charge is -2.22. The van der Waals surface area contributed by atoms with Crippen molar-refractivity contribution >= 4 is 5.91 Å². The zero-order valence-corrected chi connectivity index (χ0v) is 16.5. The number of rotatable bonds is 8. The number of halogens is 2.